The number of carbonyl (C=O) groups is 1. The average molecular weight is 301 g/mol. The number of pyridine rings is 1. The zero-order valence-corrected chi connectivity index (χ0v) is 12.9. The summed E-state index contributed by atoms with van der Waals surface area (Å²) in [6.45, 7) is 5.23. The maximum atomic E-state index is 11.9. The van der Waals surface area contributed by atoms with Crippen molar-refractivity contribution in [1.29, 1.82) is 0 Å². The molecule has 1 rings (SSSR count). The zero-order valence-electron chi connectivity index (χ0n) is 12.1. The quantitative estimate of drug-likeness (QED) is 0.747. The fourth-order valence-corrected chi connectivity index (χ4v) is 2.48. The minimum absolute atomic E-state index is 0.0240. The van der Waals surface area contributed by atoms with Gasteiger partial charge < -0.3 is 9.30 Å². The molecule has 0 aliphatic carbocycles. The highest BCUT2D eigenvalue weighted by Crippen LogP contribution is 2.13. The lowest BCUT2D eigenvalue weighted by molar-refractivity contribution is 0.0523. The lowest BCUT2D eigenvalue weighted by Crippen LogP contribution is -2.28. The van der Waals surface area contributed by atoms with Crippen molar-refractivity contribution in [3.05, 3.63) is 33.2 Å². The number of hydrogen-bond donors (Lipinski definition) is 0. The first-order chi connectivity index (χ1) is 9.17. The third-order valence-corrected chi connectivity index (χ3v) is 3.86. The Bertz CT molecular complexity index is 673. The van der Waals surface area contributed by atoms with Gasteiger partial charge in [0, 0.05) is 24.6 Å². The van der Waals surface area contributed by atoms with E-state index in [9.17, 15) is 18.0 Å². The molecule has 7 heteroatoms. The lowest BCUT2D eigenvalue weighted by Gasteiger charge is -2.15. The molecule has 0 N–H and O–H groups in total. The van der Waals surface area contributed by atoms with Crippen LogP contribution in [0.5, 0.6) is 0 Å². The van der Waals surface area contributed by atoms with E-state index >= 15 is 0 Å². The summed E-state index contributed by atoms with van der Waals surface area (Å²) in [6, 6.07) is 1.32. The molecule has 0 aromatic carbocycles. The molecule has 20 heavy (non-hydrogen) atoms. The Hall–Kier alpha value is -1.63. The van der Waals surface area contributed by atoms with E-state index in [-0.39, 0.29) is 24.5 Å². The van der Waals surface area contributed by atoms with Gasteiger partial charge >= 0.3 is 5.97 Å². The second kappa shape index (κ2) is 6.21. The monoisotopic (exact) mass is 301 g/mol. The average Bonchev–Trinajstić information content (AvgIpc) is 2.26. The minimum Gasteiger partial charge on any atom is -0.462 e. The molecule has 0 radical (unpaired) electrons. The molecule has 0 bridgehead atoms. The summed E-state index contributed by atoms with van der Waals surface area (Å²) >= 11 is 0. The Balaban J connectivity index is 3.29. The fourth-order valence-electron chi connectivity index (χ4n) is 1.97. The van der Waals surface area contributed by atoms with Gasteiger partial charge in [-0.25, -0.2) is 13.2 Å². The molecule has 0 unspecified atom stereocenters. The second-order valence-electron chi connectivity index (χ2n) is 4.63. The van der Waals surface area contributed by atoms with E-state index in [1.165, 1.54) is 10.6 Å². The van der Waals surface area contributed by atoms with E-state index in [0.717, 1.165) is 6.26 Å². The van der Waals surface area contributed by atoms with Crippen LogP contribution in [0.2, 0.25) is 0 Å². The number of ether oxygens (including phenoxy) is 1. The normalized spacial score (nSPS) is 11.4. The number of esters is 1. The third kappa shape index (κ3) is 3.93. The van der Waals surface area contributed by atoms with Gasteiger partial charge in [-0.3, -0.25) is 4.79 Å². The van der Waals surface area contributed by atoms with E-state index < -0.39 is 15.8 Å². The van der Waals surface area contributed by atoms with Gasteiger partial charge in [0.05, 0.1) is 17.9 Å². The third-order valence-electron chi connectivity index (χ3n) is 2.93. The van der Waals surface area contributed by atoms with Crippen LogP contribution in [0.25, 0.3) is 0 Å². The summed E-state index contributed by atoms with van der Waals surface area (Å²) < 4.78 is 28.7. The molecule has 6 nitrogen and oxygen atoms in total. The highest BCUT2D eigenvalue weighted by molar-refractivity contribution is 7.90. The van der Waals surface area contributed by atoms with Crippen molar-refractivity contribution in [1.82, 2.24) is 4.57 Å². The van der Waals surface area contributed by atoms with Gasteiger partial charge in [-0.05, 0) is 26.3 Å². The molecule has 0 aliphatic heterocycles. The molecule has 112 valence electrons. The van der Waals surface area contributed by atoms with Crippen molar-refractivity contribution in [2.75, 3.05) is 18.6 Å². The predicted octanol–water partition coefficient (Wildman–Crippen LogP) is 0.686. The molecule has 1 aromatic rings. The van der Waals surface area contributed by atoms with E-state index in [0.29, 0.717) is 16.8 Å². The topological polar surface area (TPSA) is 82.4 Å². The number of nitrogens with zero attached hydrogens (tertiary/aromatic N) is 1. The molecule has 0 spiro atoms. The van der Waals surface area contributed by atoms with Crippen molar-refractivity contribution in [2.24, 2.45) is 0 Å². The van der Waals surface area contributed by atoms with E-state index in [1.54, 1.807) is 20.8 Å². The van der Waals surface area contributed by atoms with Crippen molar-refractivity contribution in [3.63, 3.8) is 0 Å². The van der Waals surface area contributed by atoms with Crippen molar-refractivity contribution >= 4 is 15.8 Å². The smallest absolute Gasteiger partial charge is 0.340 e. The van der Waals surface area contributed by atoms with Gasteiger partial charge in [0.1, 0.15) is 9.84 Å². The summed E-state index contributed by atoms with van der Waals surface area (Å²) in [6.07, 6.45) is 1.10. The summed E-state index contributed by atoms with van der Waals surface area (Å²) in [7, 11) is -3.19. The molecule has 0 amide bonds. The Morgan fingerprint density at radius 1 is 1.35 bits per heavy atom. The van der Waals surface area contributed by atoms with Crippen molar-refractivity contribution < 1.29 is 17.9 Å². The number of sulfone groups is 1. The van der Waals surface area contributed by atoms with Gasteiger partial charge in [0.2, 0.25) is 0 Å². The first-order valence-electron chi connectivity index (χ1n) is 6.23. The summed E-state index contributed by atoms with van der Waals surface area (Å²) in [5, 5.41) is 0. The SMILES string of the molecule is CCOC(=O)c1c(C)cc(=O)n(CCS(C)(=O)=O)c1C. The van der Waals surface area contributed by atoms with Gasteiger partial charge in [-0.1, -0.05) is 0 Å². The molecule has 0 saturated carbocycles. The Labute approximate surface area is 118 Å². The first-order valence-corrected chi connectivity index (χ1v) is 8.29. The van der Waals surface area contributed by atoms with Crippen LogP contribution in [-0.2, 0) is 21.1 Å². The van der Waals surface area contributed by atoms with Gasteiger partial charge in [-0.15, -0.1) is 0 Å². The van der Waals surface area contributed by atoms with Crippen LogP contribution < -0.4 is 5.56 Å². The molecule has 0 fully saturated rings. The number of hydrogen-bond acceptors (Lipinski definition) is 5. The van der Waals surface area contributed by atoms with Crippen LogP contribution in [0, 0.1) is 13.8 Å². The Kier molecular flexibility index (Phi) is 5.10. The largest absolute Gasteiger partial charge is 0.462 e. The van der Waals surface area contributed by atoms with Crippen LogP contribution in [0.1, 0.15) is 28.5 Å². The van der Waals surface area contributed by atoms with Gasteiger partial charge in [-0.2, -0.15) is 0 Å². The minimum atomic E-state index is -3.19. The zero-order chi connectivity index (χ0) is 15.5. The summed E-state index contributed by atoms with van der Waals surface area (Å²) in [5.41, 5.74) is 0.954. The van der Waals surface area contributed by atoms with Crippen LogP contribution in [0.4, 0.5) is 0 Å². The van der Waals surface area contributed by atoms with Crippen LogP contribution >= 0.6 is 0 Å². The molecule has 0 atom stereocenters. The van der Waals surface area contributed by atoms with Gasteiger partial charge in [0.25, 0.3) is 5.56 Å². The van der Waals surface area contributed by atoms with E-state index in [4.69, 9.17) is 4.74 Å². The molecule has 1 heterocycles. The second-order valence-corrected chi connectivity index (χ2v) is 6.89. The lowest BCUT2D eigenvalue weighted by atomic mass is 10.1. The Morgan fingerprint density at radius 2 is 1.95 bits per heavy atom. The number of aromatic nitrogens is 1. The number of rotatable bonds is 5. The summed E-state index contributed by atoms with van der Waals surface area (Å²) in [4.78, 5) is 23.8. The molecule has 0 aliphatic rings. The number of aryl methyl sites for hydroxylation is 1. The standard InChI is InChI=1S/C13H19NO5S/c1-5-19-13(16)12-9(2)8-11(15)14(10(12)3)6-7-20(4,17)18/h8H,5-7H2,1-4H3. The fraction of sp³-hybridized carbons (Fsp3) is 0.538. The molecular formula is C13H19NO5S. The number of carbonyl (C=O) groups excluding carboxylic acids is 1. The maximum absolute atomic E-state index is 11.9. The molecular weight excluding hydrogens is 282 g/mol. The van der Waals surface area contributed by atoms with Crippen LogP contribution in [-0.4, -0.2) is 37.6 Å². The highest BCUT2D eigenvalue weighted by Gasteiger charge is 2.18. The van der Waals surface area contributed by atoms with Crippen molar-refractivity contribution in [3.8, 4) is 0 Å². The van der Waals surface area contributed by atoms with Crippen LogP contribution in [0.3, 0.4) is 0 Å². The summed E-state index contributed by atoms with van der Waals surface area (Å²) in [5.74, 6) is -0.658. The predicted molar refractivity (Wildman–Crippen MR) is 75.8 cm³/mol. The van der Waals surface area contributed by atoms with Gasteiger partial charge in [0.15, 0.2) is 0 Å². The van der Waals surface area contributed by atoms with Crippen LogP contribution in [0.15, 0.2) is 10.9 Å². The molecule has 1 aromatic heterocycles. The highest BCUT2D eigenvalue weighted by atomic mass is 32.2. The van der Waals surface area contributed by atoms with E-state index in [2.05, 4.69) is 0 Å². The Morgan fingerprint density at radius 3 is 2.45 bits per heavy atom. The molecule has 0 saturated heterocycles. The van der Waals surface area contributed by atoms with E-state index in [1.807, 2.05) is 0 Å². The maximum Gasteiger partial charge on any atom is 0.340 e. The van der Waals surface area contributed by atoms with Crippen molar-refractivity contribution in [2.45, 2.75) is 27.3 Å². The first kappa shape index (κ1) is 16.4.